The Balaban J connectivity index is 1.86. The van der Waals surface area contributed by atoms with Crippen molar-refractivity contribution >= 4 is 45.7 Å². The summed E-state index contributed by atoms with van der Waals surface area (Å²) in [6.45, 7) is 3.97. The van der Waals surface area contributed by atoms with Crippen LogP contribution in [0.1, 0.15) is 16.9 Å². The Hall–Kier alpha value is -2.13. The maximum atomic E-state index is 11.8. The lowest BCUT2D eigenvalue weighted by Gasteiger charge is -2.08. The molecule has 9 heteroatoms. The van der Waals surface area contributed by atoms with Gasteiger partial charge in [0.25, 0.3) is 0 Å². The molecular formula is C15H14BrN3O4S. The monoisotopic (exact) mass is 411 g/mol. The second-order valence-electron chi connectivity index (χ2n) is 4.88. The number of carbonyl (C=O) groups excluding carboxylic acids is 1. The fraction of sp³-hybridized carbons (Fsp3) is 0.200. The van der Waals surface area contributed by atoms with Gasteiger partial charge in [-0.25, -0.2) is 5.43 Å². The summed E-state index contributed by atoms with van der Waals surface area (Å²) in [4.78, 5) is 22.7. The van der Waals surface area contributed by atoms with E-state index in [-0.39, 0.29) is 23.3 Å². The van der Waals surface area contributed by atoms with Gasteiger partial charge in [0.15, 0.2) is 5.76 Å². The second kappa shape index (κ2) is 8.11. The van der Waals surface area contributed by atoms with Crippen LogP contribution in [0.2, 0.25) is 0 Å². The Labute approximate surface area is 150 Å². The minimum Gasteiger partial charge on any atom is -0.400 e. The summed E-state index contributed by atoms with van der Waals surface area (Å²) >= 11 is 4.88. The van der Waals surface area contributed by atoms with Crippen LogP contribution in [0.15, 0.2) is 43.2 Å². The molecule has 1 heterocycles. The van der Waals surface area contributed by atoms with Crippen molar-refractivity contribution in [2.24, 2.45) is 5.10 Å². The van der Waals surface area contributed by atoms with Crippen molar-refractivity contribution in [2.45, 2.75) is 18.7 Å². The predicted molar refractivity (Wildman–Crippen MR) is 95.4 cm³/mol. The molecular weight excluding hydrogens is 398 g/mol. The third-order valence-corrected chi connectivity index (χ3v) is 5.00. The van der Waals surface area contributed by atoms with Gasteiger partial charge in [0.2, 0.25) is 5.91 Å². The number of hydrazone groups is 1. The van der Waals surface area contributed by atoms with Crippen molar-refractivity contribution in [2.75, 3.05) is 5.75 Å². The number of rotatable bonds is 6. The van der Waals surface area contributed by atoms with Crippen LogP contribution in [0, 0.1) is 24.0 Å². The minimum atomic E-state index is -0.644. The van der Waals surface area contributed by atoms with Crippen LogP contribution in [0.4, 0.5) is 5.88 Å². The molecule has 0 bridgehead atoms. The standard InChI is InChI=1S/C15H14BrN3O4S/c1-9-6-13(10(2)5-12(9)16)24-8-14(20)18-17-7-11-3-4-15(23-11)19(21)22/h3-7H,8H2,1-2H3,(H,18,20)/b17-7+. The Morgan fingerprint density at radius 2 is 2.17 bits per heavy atom. The number of amides is 1. The van der Waals surface area contributed by atoms with E-state index in [9.17, 15) is 14.9 Å². The molecule has 1 amide bonds. The number of nitro groups is 1. The van der Waals surface area contributed by atoms with E-state index in [0.717, 1.165) is 20.5 Å². The summed E-state index contributed by atoms with van der Waals surface area (Å²) in [7, 11) is 0. The van der Waals surface area contributed by atoms with Crippen molar-refractivity contribution in [1.82, 2.24) is 5.43 Å². The van der Waals surface area contributed by atoms with Crippen molar-refractivity contribution in [3.05, 3.63) is 55.7 Å². The number of thioether (sulfide) groups is 1. The molecule has 2 rings (SSSR count). The minimum absolute atomic E-state index is 0.189. The molecule has 1 N–H and O–H groups in total. The predicted octanol–water partition coefficient (Wildman–Crippen LogP) is 3.81. The van der Waals surface area contributed by atoms with E-state index in [1.54, 1.807) is 0 Å². The first-order valence-electron chi connectivity index (χ1n) is 6.82. The molecule has 1 aromatic carbocycles. The number of benzene rings is 1. The molecule has 24 heavy (non-hydrogen) atoms. The number of furan rings is 1. The molecule has 0 radical (unpaired) electrons. The fourth-order valence-corrected chi connectivity index (χ4v) is 3.12. The number of hydrogen-bond acceptors (Lipinski definition) is 6. The van der Waals surface area contributed by atoms with Gasteiger partial charge in [-0.3, -0.25) is 14.9 Å². The Kier molecular flexibility index (Phi) is 6.16. The maximum absolute atomic E-state index is 11.8. The third kappa shape index (κ3) is 4.93. The quantitative estimate of drug-likeness (QED) is 0.337. The molecule has 1 aromatic heterocycles. The number of aryl methyl sites for hydroxylation is 2. The number of carbonyl (C=O) groups is 1. The molecule has 126 valence electrons. The van der Waals surface area contributed by atoms with Crippen LogP contribution in [-0.2, 0) is 4.79 Å². The maximum Gasteiger partial charge on any atom is 0.433 e. The largest absolute Gasteiger partial charge is 0.433 e. The van der Waals surface area contributed by atoms with Gasteiger partial charge in [-0.05, 0) is 43.2 Å². The normalized spacial score (nSPS) is 11.0. The molecule has 7 nitrogen and oxygen atoms in total. The van der Waals surface area contributed by atoms with Gasteiger partial charge < -0.3 is 4.42 Å². The molecule has 0 spiro atoms. The first-order valence-corrected chi connectivity index (χ1v) is 8.60. The summed E-state index contributed by atoms with van der Waals surface area (Å²) in [6.07, 6.45) is 1.21. The fourth-order valence-electron chi connectivity index (χ4n) is 1.76. The summed E-state index contributed by atoms with van der Waals surface area (Å²) in [5, 5.41) is 14.2. The van der Waals surface area contributed by atoms with Gasteiger partial charge >= 0.3 is 5.88 Å². The number of nitrogens with zero attached hydrogens (tertiary/aromatic N) is 2. The average Bonchev–Trinajstić information content (AvgIpc) is 2.99. The van der Waals surface area contributed by atoms with Gasteiger partial charge in [-0.2, -0.15) is 5.10 Å². The molecule has 2 aromatic rings. The number of hydrogen-bond donors (Lipinski definition) is 1. The highest BCUT2D eigenvalue weighted by Crippen LogP contribution is 2.28. The van der Waals surface area contributed by atoms with Gasteiger partial charge in [0, 0.05) is 9.37 Å². The lowest BCUT2D eigenvalue weighted by Crippen LogP contribution is -2.19. The smallest absolute Gasteiger partial charge is 0.400 e. The molecule has 0 unspecified atom stereocenters. The summed E-state index contributed by atoms with van der Waals surface area (Å²) in [5.41, 5.74) is 4.53. The SMILES string of the molecule is Cc1cc(SCC(=O)N/N=C/c2ccc([N+](=O)[O-])o2)c(C)cc1Br. The molecule has 0 atom stereocenters. The third-order valence-electron chi connectivity index (χ3n) is 2.99. The van der Waals surface area contributed by atoms with Crippen LogP contribution >= 0.6 is 27.7 Å². The summed E-state index contributed by atoms with van der Waals surface area (Å²) in [5.74, 6) is -0.261. The van der Waals surface area contributed by atoms with E-state index in [0.29, 0.717) is 0 Å². The highest BCUT2D eigenvalue weighted by atomic mass is 79.9. The zero-order valence-electron chi connectivity index (χ0n) is 12.9. The van der Waals surface area contributed by atoms with Gasteiger partial charge in [-0.1, -0.05) is 15.9 Å². The van der Waals surface area contributed by atoms with Gasteiger partial charge in [0.1, 0.15) is 4.92 Å². The van der Waals surface area contributed by atoms with E-state index in [1.165, 1.54) is 30.1 Å². The van der Waals surface area contributed by atoms with Crippen molar-refractivity contribution in [3.8, 4) is 0 Å². The van der Waals surface area contributed by atoms with Crippen LogP contribution in [0.3, 0.4) is 0 Å². The van der Waals surface area contributed by atoms with Crippen molar-refractivity contribution in [1.29, 1.82) is 0 Å². The molecule has 0 aliphatic carbocycles. The van der Waals surface area contributed by atoms with E-state index < -0.39 is 4.92 Å². The molecule has 0 saturated heterocycles. The zero-order valence-corrected chi connectivity index (χ0v) is 15.3. The topological polar surface area (TPSA) is 97.7 Å². The van der Waals surface area contributed by atoms with E-state index in [4.69, 9.17) is 4.42 Å². The average molecular weight is 412 g/mol. The Bertz CT molecular complexity index is 804. The van der Waals surface area contributed by atoms with Gasteiger partial charge in [0.05, 0.1) is 18.0 Å². The first kappa shape index (κ1) is 18.2. The van der Waals surface area contributed by atoms with Crippen molar-refractivity contribution < 1.29 is 14.1 Å². The lowest BCUT2D eigenvalue weighted by molar-refractivity contribution is -0.402. The first-order chi connectivity index (χ1) is 11.4. The highest BCUT2D eigenvalue weighted by Gasteiger charge is 2.10. The molecule has 0 aliphatic heterocycles. The van der Waals surface area contributed by atoms with E-state index in [1.807, 2.05) is 26.0 Å². The molecule has 0 fully saturated rings. The second-order valence-corrected chi connectivity index (χ2v) is 6.75. The number of halogens is 1. The highest BCUT2D eigenvalue weighted by molar-refractivity contribution is 9.10. The Morgan fingerprint density at radius 3 is 2.83 bits per heavy atom. The van der Waals surface area contributed by atoms with E-state index in [2.05, 4.69) is 26.5 Å². The van der Waals surface area contributed by atoms with Crippen LogP contribution in [0.25, 0.3) is 0 Å². The molecule has 0 saturated carbocycles. The number of nitrogens with one attached hydrogen (secondary N) is 1. The lowest BCUT2D eigenvalue weighted by atomic mass is 10.2. The van der Waals surface area contributed by atoms with Gasteiger partial charge in [-0.15, -0.1) is 11.8 Å². The van der Waals surface area contributed by atoms with Crippen LogP contribution in [-0.4, -0.2) is 22.8 Å². The molecule has 0 aliphatic rings. The van der Waals surface area contributed by atoms with Crippen LogP contribution in [0.5, 0.6) is 0 Å². The van der Waals surface area contributed by atoms with Crippen LogP contribution < -0.4 is 5.43 Å². The summed E-state index contributed by atoms with van der Waals surface area (Å²) < 4.78 is 5.92. The Morgan fingerprint density at radius 1 is 1.42 bits per heavy atom. The van der Waals surface area contributed by atoms with E-state index >= 15 is 0 Å². The summed E-state index contributed by atoms with van der Waals surface area (Å²) in [6, 6.07) is 6.65. The van der Waals surface area contributed by atoms with Crippen molar-refractivity contribution in [3.63, 3.8) is 0 Å². The zero-order chi connectivity index (χ0) is 17.7.